The van der Waals surface area contributed by atoms with Gasteiger partial charge in [0.25, 0.3) is 0 Å². The van der Waals surface area contributed by atoms with Crippen molar-refractivity contribution < 1.29 is 0 Å². The number of rotatable bonds is 6. The zero-order valence-corrected chi connectivity index (χ0v) is 13.4. The van der Waals surface area contributed by atoms with Crippen molar-refractivity contribution in [1.29, 1.82) is 5.26 Å². The fourth-order valence-corrected chi connectivity index (χ4v) is 2.41. The fraction of sp³-hybridized carbons (Fsp3) is 0.0952. The molecular weight excluding hydrogens is 280 g/mol. The first-order valence-corrected chi connectivity index (χ1v) is 7.40. The molecule has 0 atom stereocenters. The van der Waals surface area contributed by atoms with Crippen LogP contribution in [0.15, 0.2) is 62.2 Å². The molecule has 0 amide bonds. The first-order valence-electron chi connectivity index (χ1n) is 7.40. The van der Waals surface area contributed by atoms with Crippen LogP contribution >= 0.6 is 0 Å². The Morgan fingerprint density at radius 3 is 2.48 bits per heavy atom. The Bertz CT molecular complexity index is 807. The summed E-state index contributed by atoms with van der Waals surface area (Å²) in [4.78, 5) is 0. The maximum atomic E-state index is 9.18. The van der Waals surface area contributed by atoms with Gasteiger partial charge in [-0.25, -0.2) is 0 Å². The average Bonchev–Trinajstić information content (AvgIpc) is 2.59. The number of hydrogen-bond donors (Lipinski definition) is 1. The maximum absolute atomic E-state index is 9.18. The highest BCUT2D eigenvalue weighted by Crippen LogP contribution is 2.22. The molecule has 2 rings (SSSR count). The predicted octanol–water partition coefficient (Wildman–Crippen LogP) is 4.99. The Kier molecular flexibility index (Phi) is 5.17. The van der Waals surface area contributed by atoms with Crippen LogP contribution in [0.5, 0.6) is 0 Å². The molecule has 0 spiro atoms. The molecule has 0 bridgehead atoms. The normalized spacial score (nSPS) is 9.74. The second-order valence-corrected chi connectivity index (χ2v) is 5.40. The zero-order valence-electron chi connectivity index (χ0n) is 13.4. The lowest BCUT2D eigenvalue weighted by molar-refractivity contribution is 0.890. The smallest absolute Gasteiger partial charge is 0.0998 e. The second-order valence-electron chi connectivity index (χ2n) is 5.40. The van der Waals surface area contributed by atoms with E-state index in [1.54, 1.807) is 6.08 Å². The molecule has 2 aromatic carbocycles. The monoisotopic (exact) mass is 300 g/mol. The van der Waals surface area contributed by atoms with Crippen molar-refractivity contribution in [3.8, 4) is 6.07 Å². The van der Waals surface area contributed by atoms with Gasteiger partial charge in [-0.05, 0) is 29.7 Å². The fourth-order valence-electron chi connectivity index (χ4n) is 2.41. The minimum absolute atomic E-state index is 0.607. The van der Waals surface area contributed by atoms with Crippen molar-refractivity contribution in [2.24, 2.45) is 0 Å². The number of nitrogens with one attached hydrogen (secondary N) is 1. The molecule has 0 aromatic heterocycles. The van der Waals surface area contributed by atoms with E-state index in [0.29, 0.717) is 12.1 Å². The van der Waals surface area contributed by atoms with Crippen molar-refractivity contribution in [3.05, 3.63) is 90.0 Å². The van der Waals surface area contributed by atoms with E-state index in [1.165, 1.54) is 0 Å². The SMILES string of the molecule is C=Cc1ccc(CNC(=C)c2ccccc2C(=C)C)cc1C#N. The van der Waals surface area contributed by atoms with Gasteiger partial charge in [-0.1, -0.05) is 67.8 Å². The van der Waals surface area contributed by atoms with Gasteiger partial charge in [0, 0.05) is 17.8 Å². The van der Waals surface area contributed by atoms with E-state index >= 15 is 0 Å². The summed E-state index contributed by atoms with van der Waals surface area (Å²) in [7, 11) is 0. The molecule has 0 aliphatic carbocycles. The number of hydrogen-bond acceptors (Lipinski definition) is 2. The van der Waals surface area contributed by atoms with Crippen LogP contribution in [0, 0.1) is 11.3 Å². The standard InChI is InChI=1S/C21H20N2/c1-5-18-11-10-17(12-19(18)13-22)14-23-16(4)21-9-7-6-8-20(21)15(2)3/h5-12,23H,1-2,4,14H2,3H3. The third-order valence-electron chi connectivity index (χ3n) is 3.68. The van der Waals surface area contributed by atoms with Gasteiger partial charge < -0.3 is 5.32 Å². The summed E-state index contributed by atoms with van der Waals surface area (Å²) < 4.78 is 0. The summed E-state index contributed by atoms with van der Waals surface area (Å²) in [6, 6.07) is 16.0. The first-order chi connectivity index (χ1) is 11.1. The van der Waals surface area contributed by atoms with Crippen molar-refractivity contribution in [1.82, 2.24) is 5.32 Å². The number of allylic oxidation sites excluding steroid dienone is 1. The van der Waals surface area contributed by atoms with Crippen LogP contribution < -0.4 is 5.32 Å². The lowest BCUT2D eigenvalue weighted by Gasteiger charge is -2.14. The molecule has 0 radical (unpaired) electrons. The van der Waals surface area contributed by atoms with E-state index in [9.17, 15) is 5.26 Å². The Labute approximate surface area is 138 Å². The quantitative estimate of drug-likeness (QED) is 0.815. The highest BCUT2D eigenvalue weighted by molar-refractivity contribution is 5.76. The van der Waals surface area contributed by atoms with Crippen LogP contribution in [-0.4, -0.2) is 0 Å². The zero-order chi connectivity index (χ0) is 16.8. The van der Waals surface area contributed by atoms with Crippen LogP contribution in [0.25, 0.3) is 17.3 Å². The van der Waals surface area contributed by atoms with Gasteiger partial charge in [0.05, 0.1) is 11.6 Å². The molecule has 0 saturated carbocycles. The maximum Gasteiger partial charge on any atom is 0.0998 e. The Hall–Kier alpha value is -3.05. The average molecular weight is 300 g/mol. The molecule has 2 aromatic rings. The van der Waals surface area contributed by atoms with Gasteiger partial charge in [-0.2, -0.15) is 5.26 Å². The largest absolute Gasteiger partial charge is 0.381 e. The third-order valence-corrected chi connectivity index (χ3v) is 3.68. The van der Waals surface area contributed by atoms with Crippen molar-refractivity contribution in [3.63, 3.8) is 0 Å². The molecule has 23 heavy (non-hydrogen) atoms. The summed E-state index contributed by atoms with van der Waals surface area (Å²) in [5.41, 5.74) is 6.49. The molecule has 2 nitrogen and oxygen atoms in total. The van der Waals surface area contributed by atoms with Crippen LogP contribution in [-0.2, 0) is 6.54 Å². The molecule has 0 heterocycles. The Balaban J connectivity index is 2.16. The molecule has 114 valence electrons. The van der Waals surface area contributed by atoms with E-state index < -0.39 is 0 Å². The molecule has 1 N–H and O–H groups in total. The summed E-state index contributed by atoms with van der Waals surface area (Å²) in [6.45, 7) is 14.5. The molecular formula is C21H20N2. The van der Waals surface area contributed by atoms with E-state index in [2.05, 4.69) is 31.1 Å². The van der Waals surface area contributed by atoms with Crippen molar-refractivity contribution in [2.45, 2.75) is 13.5 Å². The van der Waals surface area contributed by atoms with Gasteiger partial charge in [0.15, 0.2) is 0 Å². The number of nitriles is 1. The van der Waals surface area contributed by atoms with Crippen LogP contribution in [0.3, 0.4) is 0 Å². The molecule has 0 unspecified atom stereocenters. The van der Waals surface area contributed by atoms with Crippen LogP contribution in [0.2, 0.25) is 0 Å². The minimum Gasteiger partial charge on any atom is -0.381 e. The lowest BCUT2D eigenvalue weighted by Crippen LogP contribution is -2.12. The second kappa shape index (κ2) is 7.29. The molecule has 0 saturated heterocycles. The summed E-state index contributed by atoms with van der Waals surface area (Å²) in [6.07, 6.45) is 1.69. The summed E-state index contributed by atoms with van der Waals surface area (Å²) >= 11 is 0. The Morgan fingerprint density at radius 1 is 1.17 bits per heavy atom. The first kappa shape index (κ1) is 16.3. The van der Waals surface area contributed by atoms with Crippen LogP contribution in [0.1, 0.15) is 34.7 Å². The highest BCUT2D eigenvalue weighted by atomic mass is 14.9. The molecule has 0 aliphatic rings. The molecule has 2 heteroatoms. The van der Waals surface area contributed by atoms with Crippen molar-refractivity contribution in [2.75, 3.05) is 0 Å². The van der Waals surface area contributed by atoms with Gasteiger partial charge in [0.1, 0.15) is 0 Å². The van der Waals surface area contributed by atoms with Crippen molar-refractivity contribution >= 4 is 17.3 Å². The number of nitrogens with zero attached hydrogens (tertiary/aromatic N) is 1. The van der Waals surface area contributed by atoms with Gasteiger partial charge in [0.2, 0.25) is 0 Å². The summed E-state index contributed by atoms with van der Waals surface area (Å²) in [5.74, 6) is 0. The topological polar surface area (TPSA) is 35.8 Å². The molecule has 0 fully saturated rings. The lowest BCUT2D eigenvalue weighted by atomic mass is 10.00. The summed E-state index contributed by atoms with van der Waals surface area (Å²) in [5, 5.41) is 12.5. The van der Waals surface area contributed by atoms with Gasteiger partial charge in [-0.15, -0.1) is 0 Å². The van der Waals surface area contributed by atoms with E-state index in [1.807, 2.05) is 49.4 Å². The van der Waals surface area contributed by atoms with Gasteiger partial charge in [-0.3, -0.25) is 0 Å². The highest BCUT2D eigenvalue weighted by Gasteiger charge is 2.06. The van der Waals surface area contributed by atoms with E-state index in [0.717, 1.165) is 33.5 Å². The Morgan fingerprint density at radius 2 is 1.87 bits per heavy atom. The van der Waals surface area contributed by atoms with E-state index in [4.69, 9.17) is 0 Å². The van der Waals surface area contributed by atoms with Gasteiger partial charge >= 0.3 is 0 Å². The predicted molar refractivity (Wildman–Crippen MR) is 98.3 cm³/mol. The van der Waals surface area contributed by atoms with E-state index in [-0.39, 0.29) is 0 Å². The molecule has 0 aliphatic heterocycles. The van der Waals surface area contributed by atoms with Crippen LogP contribution in [0.4, 0.5) is 0 Å². The third kappa shape index (κ3) is 3.78. The number of benzene rings is 2. The minimum atomic E-state index is 0.607.